The van der Waals surface area contributed by atoms with Crippen LogP contribution < -0.4 is 10.1 Å². The van der Waals surface area contributed by atoms with E-state index in [1.165, 1.54) is 7.11 Å². The van der Waals surface area contributed by atoms with Crippen LogP contribution in [0, 0.1) is 6.92 Å². The van der Waals surface area contributed by atoms with E-state index >= 15 is 0 Å². The number of hydrogen-bond acceptors (Lipinski definition) is 3. The molecule has 1 aromatic rings. The highest BCUT2D eigenvalue weighted by Gasteiger charge is 2.08. The SMILES string of the molecule is COc1cc(Cl)c(C)cc1NC(=O)CS. The van der Waals surface area contributed by atoms with Crippen molar-refractivity contribution in [3.63, 3.8) is 0 Å². The minimum absolute atomic E-state index is 0.130. The molecule has 1 rings (SSSR count). The van der Waals surface area contributed by atoms with E-state index in [1.807, 2.05) is 6.92 Å². The lowest BCUT2D eigenvalue weighted by molar-refractivity contribution is -0.113. The number of anilines is 1. The van der Waals surface area contributed by atoms with Crippen LogP contribution in [0.25, 0.3) is 0 Å². The first-order chi connectivity index (χ1) is 7.08. The Labute approximate surface area is 99.2 Å². The highest BCUT2D eigenvalue weighted by atomic mass is 35.5. The first kappa shape index (κ1) is 12.2. The molecule has 0 aliphatic rings. The minimum Gasteiger partial charge on any atom is -0.495 e. The molecular weight excluding hydrogens is 234 g/mol. The van der Waals surface area contributed by atoms with Crippen LogP contribution in [-0.2, 0) is 4.79 Å². The van der Waals surface area contributed by atoms with Gasteiger partial charge in [0.25, 0.3) is 0 Å². The number of halogens is 1. The van der Waals surface area contributed by atoms with Gasteiger partial charge in [-0.15, -0.1) is 0 Å². The van der Waals surface area contributed by atoms with E-state index in [0.717, 1.165) is 5.56 Å². The molecule has 1 amide bonds. The largest absolute Gasteiger partial charge is 0.495 e. The van der Waals surface area contributed by atoms with Gasteiger partial charge in [0.05, 0.1) is 18.6 Å². The first-order valence-corrected chi connectivity index (χ1v) is 5.34. The molecule has 0 heterocycles. The van der Waals surface area contributed by atoms with Crippen LogP contribution in [-0.4, -0.2) is 18.8 Å². The van der Waals surface area contributed by atoms with Crippen molar-refractivity contribution in [2.75, 3.05) is 18.2 Å². The van der Waals surface area contributed by atoms with E-state index in [2.05, 4.69) is 17.9 Å². The Bertz CT molecular complexity index is 382. The van der Waals surface area contributed by atoms with Crippen LogP contribution in [0.5, 0.6) is 5.75 Å². The highest BCUT2D eigenvalue weighted by molar-refractivity contribution is 7.81. The van der Waals surface area contributed by atoms with Crippen LogP contribution in [0.15, 0.2) is 12.1 Å². The molecule has 0 bridgehead atoms. The molecule has 82 valence electrons. The summed E-state index contributed by atoms with van der Waals surface area (Å²) in [5.41, 5.74) is 1.49. The molecule has 0 spiro atoms. The van der Waals surface area contributed by atoms with Gasteiger partial charge in [0.15, 0.2) is 0 Å². The summed E-state index contributed by atoms with van der Waals surface area (Å²) in [6.45, 7) is 1.86. The van der Waals surface area contributed by atoms with Gasteiger partial charge in [-0.3, -0.25) is 4.79 Å². The van der Waals surface area contributed by atoms with E-state index in [-0.39, 0.29) is 11.7 Å². The molecule has 0 radical (unpaired) electrons. The van der Waals surface area contributed by atoms with Gasteiger partial charge >= 0.3 is 0 Å². The number of thiol groups is 1. The maximum absolute atomic E-state index is 11.2. The molecule has 0 aliphatic carbocycles. The smallest absolute Gasteiger partial charge is 0.234 e. The minimum atomic E-state index is -0.182. The summed E-state index contributed by atoms with van der Waals surface area (Å²) < 4.78 is 5.10. The predicted octanol–water partition coefficient (Wildman–Crippen LogP) is 2.53. The maximum Gasteiger partial charge on any atom is 0.234 e. The third kappa shape index (κ3) is 3.04. The van der Waals surface area contributed by atoms with E-state index in [9.17, 15) is 4.79 Å². The predicted molar refractivity (Wildman–Crippen MR) is 65.2 cm³/mol. The average molecular weight is 246 g/mol. The molecule has 0 saturated heterocycles. The van der Waals surface area contributed by atoms with Gasteiger partial charge < -0.3 is 10.1 Å². The van der Waals surface area contributed by atoms with Crippen LogP contribution in [0.3, 0.4) is 0 Å². The van der Waals surface area contributed by atoms with Crippen molar-refractivity contribution >= 4 is 35.8 Å². The Morgan fingerprint density at radius 2 is 2.27 bits per heavy atom. The van der Waals surface area contributed by atoms with E-state index in [1.54, 1.807) is 12.1 Å². The summed E-state index contributed by atoms with van der Waals surface area (Å²) in [6, 6.07) is 3.44. The molecule has 0 aromatic heterocycles. The van der Waals surface area contributed by atoms with E-state index < -0.39 is 0 Å². The van der Waals surface area contributed by atoms with Gasteiger partial charge in [-0.2, -0.15) is 12.6 Å². The van der Waals surface area contributed by atoms with E-state index in [0.29, 0.717) is 16.5 Å². The molecule has 0 saturated carbocycles. The maximum atomic E-state index is 11.2. The number of rotatable bonds is 3. The fourth-order valence-corrected chi connectivity index (χ4v) is 1.35. The highest BCUT2D eigenvalue weighted by Crippen LogP contribution is 2.30. The summed E-state index contributed by atoms with van der Waals surface area (Å²) in [7, 11) is 1.53. The number of carbonyl (C=O) groups is 1. The summed E-state index contributed by atoms with van der Waals surface area (Å²) in [5, 5.41) is 3.29. The standard InChI is InChI=1S/C10H12ClNO2S/c1-6-3-8(12-10(13)5-15)9(14-2)4-7(6)11/h3-4,15H,5H2,1-2H3,(H,12,13). The van der Waals surface area contributed by atoms with Gasteiger partial charge in [-0.1, -0.05) is 11.6 Å². The molecule has 15 heavy (non-hydrogen) atoms. The third-order valence-corrected chi connectivity index (χ3v) is 2.59. The second-order valence-electron chi connectivity index (χ2n) is 3.01. The van der Waals surface area contributed by atoms with Gasteiger partial charge in [0, 0.05) is 11.1 Å². The molecule has 3 nitrogen and oxygen atoms in total. The lowest BCUT2D eigenvalue weighted by atomic mass is 10.2. The Morgan fingerprint density at radius 3 is 2.80 bits per heavy atom. The third-order valence-electron chi connectivity index (χ3n) is 1.90. The number of aryl methyl sites for hydroxylation is 1. The first-order valence-electron chi connectivity index (χ1n) is 4.33. The number of methoxy groups -OCH3 is 1. The molecule has 1 N–H and O–H groups in total. The lowest BCUT2D eigenvalue weighted by Gasteiger charge is -2.11. The molecule has 5 heteroatoms. The summed E-state index contributed by atoms with van der Waals surface area (Å²) in [5.74, 6) is 0.490. The molecule has 0 unspecified atom stereocenters. The normalized spacial score (nSPS) is 9.87. The number of amides is 1. The van der Waals surface area contributed by atoms with Crippen LogP contribution in [0.4, 0.5) is 5.69 Å². The number of benzene rings is 1. The van der Waals surface area contributed by atoms with Crippen molar-refractivity contribution in [2.45, 2.75) is 6.92 Å². The second-order valence-corrected chi connectivity index (χ2v) is 3.73. The number of hydrogen-bond donors (Lipinski definition) is 2. The molecule has 0 atom stereocenters. The number of ether oxygens (including phenoxy) is 1. The molecule has 0 fully saturated rings. The zero-order valence-electron chi connectivity index (χ0n) is 8.50. The topological polar surface area (TPSA) is 38.3 Å². The Hall–Kier alpha value is -0.870. The zero-order chi connectivity index (χ0) is 11.4. The lowest BCUT2D eigenvalue weighted by Crippen LogP contribution is -2.13. The molecular formula is C10H12ClNO2S. The molecule has 1 aromatic carbocycles. The van der Waals surface area contributed by atoms with Crippen LogP contribution >= 0.6 is 24.2 Å². The summed E-state index contributed by atoms with van der Waals surface area (Å²) >= 11 is 9.80. The van der Waals surface area contributed by atoms with Crippen molar-refractivity contribution in [3.8, 4) is 5.75 Å². The fourth-order valence-electron chi connectivity index (χ4n) is 1.12. The Kier molecular flexibility index (Phi) is 4.29. The quantitative estimate of drug-likeness (QED) is 0.804. The Morgan fingerprint density at radius 1 is 1.60 bits per heavy atom. The zero-order valence-corrected chi connectivity index (χ0v) is 10.2. The summed E-state index contributed by atoms with van der Waals surface area (Å²) in [4.78, 5) is 11.2. The van der Waals surface area contributed by atoms with Crippen molar-refractivity contribution < 1.29 is 9.53 Å². The van der Waals surface area contributed by atoms with Crippen LogP contribution in [0.2, 0.25) is 5.02 Å². The van der Waals surface area contributed by atoms with Gasteiger partial charge in [-0.05, 0) is 18.6 Å². The summed E-state index contributed by atoms with van der Waals surface area (Å²) in [6.07, 6.45) is 0. The monoisotopic (exact) mass is 245 g/mol. The number of nitrogens with one attached hydrogen (secondary N) is 1. The fraction of sp³-hybridized carbons (Fsp3) is 0.300. The number of carbonyl (C=O) groups excluding carboxylic acids is 1. The van der Waals surface area contributed by atoms with Crippen molar-refractivity contribution in [1.82, 2.24) is 0 Å². The van der Waals surface area contributed by atoms with Crippen molar-refractivity contribution in [2.24, 2.45) is 0 Å². The Balaban J connectivity index is 3.05. The van der Waals surface area contributed by atoms with Gasteiger partial charge in [-0.25, -0.2) is 0 Å². The van der Waals surface area contributed by atoms with Crippen molar-refractivity contribution in [1.29, 1.82) is 0 Å². The second kappa shape index (κ2) is 5.28. The molecule has 0 aliphatic heterocycles. The van der Waals surface area contributed by atoms with Gasteiger partial charge in [0.1, 0.15) is 5.75 Å². The van der Waals surface area contributed by atoms with E-state index in [4.69, 9.17) is 16.3 Å². The van der Waals surface area contributed by atoms with Gasteiger partial charge in [0.2, 0.25) is 5.91 Å². The average Bonchev–Trinajstić information content (AvgIpc) is 2.22. The van der Waals surface area contributed by atoms with Crippen LogP contribution in [0.1, 0.15) is 5.56 Å². The van der Waals surface area contributed by atoms with Crippen molar-refractivity contribution in [3.05, 3.63) is 22.7 Å².